The predicted octanol–water partition coefficient (Wildman–Crippen LogP) is 5.80. The Bertz CT molecular complexity index is 1210. The van der Waals surface area contributed by atoms with Crippen molar-refractivity contribution in [2.45, 2.75) is 19.4 Å². The van der Waals surface area contributed by atoms with Crippen LogP contribution in [0.4, 0.5) is 14.9 Å². The number of benzene rings is 3. The van der Waals surface area contributed by atoms with Crippen LogP contribution in [-0.2, 0) is 6.42 Å². The summed E-state index contributed by atoms with van der Waals surface area (Å²) in [4.78, 5) is 18.7. The molecule has 1 aromatic heterocycles. The number of aromatic nitrogens is 1. The molecular formula is C25H22FN3O. The van der Waals surface area contributed by atoms with E-state index in [2.05, 4.69) is 53.6 Å². The third-order valence-electron chi connectivity index (χ3n) is 5.78. The maximum atomic E-state index is 13.2. The number of carbonyl (C=O) groups excluding carboxylic acids is 1. The number of fused-ring (bicyclic) bond motifs is 3. The van der Waals surface area contributed by atoms with Gasteiger partial charge in [0.2, 0.25) is 0 Å². The van der Waals surface area contributed by atoms with Crippen LogP contribution in [0.3, 0.4) is 0 Å². The summed E-state index contributed by atoms with van der Waals surface area (Å²) in [6.45, 7) is 2.65. The Morgan fingerprint density at radius 3 is 2.53 bits per heavy atom. The van der Waals surface area contributed by atoms with E-state index >= 15 is 0 Å². The summed E-state index contributed by atoms with van der Waals surface area (Å²) in [5, 5.41) is 4.13. The van der Waals surface area contributed by atoms with Gasteiger partial charge in [-0.15, -0.1) is 0 Å². The molecule has 5 rings (SSSR count). The molecule has 150 valence electrons. The summed E-state index contributed by atoms with van der Waals surface area (Å²) < 4.78 is 13.2. The Kier molecular flexibility index (Phi) is 4.51. The molecule has 0 aliphatic carbocycles. The Hall–Kier alpha value is -3.60. The van der Waals surface area contributed by atoms with Crippen molar-refractivity contribution in [3.8, 4) is 0 Å². The molecule has 2 heterocycles. The summed E-state index contributed by atoms with van der Waals surface area (Å²) in [5.74, 6) is -0.328. The summed E-state index contributed by atoms with van der Waals surface area (Å²) >= 11 is 0. The van der Waals surface area contributed by atoms with Crippen LogP contribution in [0.25, 0.3) is 10.9 Å². The molecule has 2 N–H and O–H groups in total. The molecule has 1 atom stereocenters. The number of H-pyrrole nitrogens is 1. The van der Waals surface area contributed by atoms with Crippen LogP contribution in [-0.4, -0.2) is 22.5 Å². The van der Waals surface area contributed by atoms with Crippen molar-refractivity contribution in [3.05, 3.63) is 101 Å². The van der Waals surface area contributed by atoms with Gasteiger partial charge in [-0.1, -0.05) is 48.0 Å². The monoisotopic (exact) mass is 399 g/mol. The van der Waals surface area contributed by atoms with Crippen LogP contribution in [0.15, 0.2) is 72.8 Å². The van der Waals surface area contributed by atoms with Gasteiger partial charge in [0, 0.05) is 28.8 Å². The van der Waals surface area contributed by atoms with Gasteiger partial charge < -0.3 is 15.2 Å². The summed E-state index contributed by atoms with van der Waals surface area (Å²) in [5.41, 5.74) is 6.21. The Balaban J connectivity index is 1.56. The van der Waals surface area contributed by atoms with E-state index in [-0.39, 0.29) is 17.9 Å². The standard InChI is InChI=1S/C25H22FN3O/c1-16-6-8-17(9-7-16)24-23-21(20-4-2-3-5-22(20)28-23)14-15-29(24)25(30)27-19-12-10-18(26)11-13-19/h2-13,24,28H,14-15H2,1H3,(H,27,30). The summed E-state index contributed by atoms with van der Waals surface area (Å²) in [6.07, 6.45) is 0.776. The predicted molar refractivity (Wildman–Crippen MR) is 117 cm³/mol. The minimum atomic E-state index is -0.328. The number of rotatable bonds is 2. The molecule has 1 aliphatic heterocycles. The lowest BCUT2D eigenvalue weighted by atomic mass is 9.92. The topological polar surface area (TPSA) is 48.1 Å². The van der Waals surface area contributed by atoms with Crippen molar-refractivity contribution < 1.29 is 9.18 Å². The lowest BCUT2D eigenvalue weighted by Gasteiger charge is -2.36. The third kappa shape index (κ3) is 3.22. The van der Waals surface area contributed by atoms with Gasteiger partial charge in [-0.05, 0) is 54.8 Å². The highest BCUT2D eigenvalue weighted by Gasteiger charge is 2.34. The second kappa shape index (κ2) is 7.34. The molecule has 30 heavy (non-hydrogen) atoms. The molecule has 2 amide bonds. The lowest BCUT2D eigenvalue weighted by molar-refractivity contribution is 0.193. The molecule has 0 saturated heterocycles. The number of aromatic amines is 1. The number of anilines is 1. The highest BCUT2D eigenvalue weighted by atomic mass is 19.1. The molecule has 0 fully saturated rings. The van der Waals surface area contributed by atoms with Crippen molar-refractivity contribution in [3.63, 3.8) is 0 Å². The van der Waals surface area contributed by atoms with Crippen molar-refractivity contribution >= 4 is 22.6 Å². The second-order valence-corrected chi connectivity index (χ2v) is 7.76. The molecule has 0 saturated carbocycles. The van der Waals surface area contributed by atoms with Crippen molar-refractivity contribution in [2.75, 3.05) is 11.9 Å². The molecule has 3 aromatic carbocycles. The average molecular weight is 399 g/mol. The Labute approximate surface area is 174 Å². The maximum absolute atomic E-state index is 13.2. The zero-order valence-corrected chi connectivity index (χ0v) is 16.7. The number of nitrogens with zero attached hydrogens (tertiary/aromatic N) is 1. The quantitative estimate of drug-likeness (QED) is 0.440. The first-order valence-corrected chi connectivity index (χ1v) is 10.1. The Morgan fingerprint density at radius 1 is 1.03 bits per heavy atom. The van der Waals surface area contributed by atoms with Gasteiger partial charge in [-0.25, -0.2) is 9.18 Å². The highest BCUT2D eigenvalue weighted by molar-refractivity contribution is 5.91. The molecule has 0 radical (unpaired) electrons. The minimum Gasteiger partial charge on any atom is -0.356 e. The van der Waals surface area contributed by atoms with Crippen molar-refractivity contribution in [1.29, 1.82) is 0 Å². The van der Waals surface area contributed by atoms with E-state index in [9.17, 15) is 9.18 Å². The van der Waals surface area contributed by atoms with Gasteiger partial charge >= 0.3 is 6.03 Å². The van der Waals surface area contributed by atoms with Gasteiger partial charge in [0.15, 0.2) is 0 Å². The number of hydrogen-bond acceptors (Lipinski definition) is 1. The van der Waals surface area contributed by atoms with Crippen molar-refractivity contribution in [2.24, 2.45) is 0 Å². The molecular weight excluding hydrogens is 377 g/mol. The molecule has 4 aromatic rings. The number of halogens is 1. The van der Waals surface area contributed by atoms with E-state index in [0.717, 1.165) is 23.2 Å². The molecule has 0 spiro atoms. The van der Waals surface area contributed by atoms with Crippen LogP contribution in [0.2, 0.25) is 0 Å². The van der Waals surface area contributed by atoms with Crippen LogP contribution in [0.5, 0.6) is 0 Å². The smallest absolute Gasteiger partial charge is 0.322 e. The van der Waals surface area contributed by atoms with E-state index in [1.165, 1.54) is 28.6 Å². The zero-order valence-electron chi connectivity index (χ0n) is 16.7. The van der Waals surface area contributed by atoms with Crippen LogP contribution in [0, 0.1) is 12.7 Å². The first-order valence-electron chi connectivity index (χ1n) is 10.1. The van der Waals surface area contributed by atoms with Gasteiger partial charge in [0.05, 0.1) is 6.04 Å². The number of urea groups is 1. The number of amides is 2. The first-order chi connectivity index (χ1) is 14.6. The number of carbonyl (C=O) groups is 1. The molecule has 1 unspecified atom stereocenters. The fraction of sp³-hybridized carbons (Fsp3) is 0.160. The van der Waals surface area contributed by atoms with E-state index in [0.29, 0.717) is 12.2 Å². The number of hydrogen-bond donors (Lipinski definition) is 2. The largest absolute Gasteiger partial charge is 0.356 e. The molecule has 1 aliphatic rings. The van der Waals surface area contributed by atoms with Gasteiger partial charge in [-0.2, -0.15) is 0 Å². The minimum absolute atomic E-state index is 0.198. The van der Waals surface area contributed by atoms with E-state index in [4.69, 9.17) is 0 Å². The van der Waals surface area contributed by atoms with Gasteiger partial charge in [0.25, 0.3) is 0 Å². The van der Waals surface area contributed by atoms with E-state index in [1.54, 1.807) is 12.1 Å². The lowest BCUT2D eigenvalue weighted by Crippen LogP contribution is -2.43. The number of nitrogens with one attached hydrogen (secondary N) is 2. The zero-order chi connectivity index (χ0) is 20.7. The normalized spacial score (nSPS) is 15.8. The fourth-order valence-corrected chi connectivity index (χ4v) is 4.28. The van der Waals surface area contributed by atoms with Crippen LogP contribution < -0.4 is 5.32 Å². The first kappa shape index (κ1) is 18.4. The summed E-state index contributed by atoms with van der Waals surface area (Å²) in [6, 6.07) is 22.0. The number of para-hydroxylation sites is 1. The maximum Gasteiger partial charge on any atom is 0.322 e. The average Bonchev–Trinajstić information content (AvgIpc) is 3.14. The molecule has 4 nitrogen and oxygen atoms in total. The SMILES string of the molecule is Cc1ccc(C2c3[nH]c4ccccc4c3CCN2C(=O)Nc2ccc(F)cc2)cc1. The van der Waals surface area contributed by atoms with E-state index in [1.807, 2.05) is 17.0 Å². The Morgan fingerprint density at radius 2 is 1.77 bits per heavy atom. The number of aryl methyl sites for hydroxylation is 1. The molecule has 0 bridgehead atoms. The third-order valence-corrected chi connectivity index (χ3v) is 5.78. The highest BCUT2D eigenvalue weighted by Crippen LogP contribution is 2.38. The fourth-order valence-electron chi connectivity index (χ4n) is 4.28. The summed E-state index contributed by atoms with van der Waals surface area (Å²) in [7, 11) is 0. The van der Waals surface area contributed by atoms with Gasteiger partial charge in [0.1, 0.15) is 5.82 Å². The van der Waals surface area contributed by atoms with Crippen LogP contribution in [0.1, 0.15) is 28.4 Å². The van der Waals surface area contributed by atoms with Gasteiger partial charge in [-0.3, -0.25) is 0 Å². The second-order valence-electron chi connectivity index (χ2n) is 7.76. The van der Waals surface area contributed by atoms with E-state index < -0.39 is 0 Å². The van der Waals surface area contributed by atoms with Crippen LogP contribution >= 0.6 is 0 Å². The van der Waals surface area contributed by atoms with Crippen molar-refractivity contribution in [1.82, 2.24) is 9.88 Å². The molecule has 5 heteroatoms.